The average molecular weight is 535 g/mol. The summed E-state index contributed by atoms with van der Waals surface area (Å²) in [6, 6.07) is 26.3. The molecule has 0 N–H and O–H groups in total. The molecular formula is C30H33BCl2N2O2. The molecule has 1 unspecified atom stereocenters. The minimum Gasteiger partial charge on any atom is -0.350 e. The topological polar surface area (TPSA) is 36.3 Å². The van der Waals surface area contributed by atoms with Gasteiger partial charge in [0.15, 0.2) is 6.29 Å². The van der Waals surface area contributed by atoms with Crippen LogP contribution in [0.5, 0.6) is 0 Å². The second-order valence-electron chi connectivity index (χ2n) is 9.08. The number of imidazole rings is 1. The number of ether oxygens (including phenoxy) is 2. The number of hydrogen-bond donors (Lipinski definition) is 0. The predicted octanol–water partition coefficient (Wildman–Crippen LogP) is 7.13. The van der Waals surface area contributed by atoms with Crippen molar-refractivity contribution in [2.24, 2.45) is 5.92 Å². The predicted molar refractivity (Wildman–Crippen MR) is 155 cm³/mol. The minimum absolute atomic E-state index is 0.0778. The molecule has 4 nitrogen and oxygen atoms in total. The van der Waals surface area contributed by atoms with Crippen LogP contribution >= 0.6 is 23.2 Å². The molecule has 1 aliphatic heterocycles. The van der Waals surface area contributed by atoms with Crippen molar-refractivity contribution in [3.63, 3.8) is 0 Å². The Labute approximate surface area is 231 Å². The SMILES string of the molecule is BCC(c1ccccc1Cl)c1ccccc1Cl.CCC(Cn1cncc1-c1ccccc1)C1OCCO1. The third-order valence-electron chi connectivity index (χ3n) is 6.74. The first kappa shape index (κ1) is 27.5. The molecule has 0 saturated carbocycles. The Hall–Kier alpha value is -2.57. The zero-order valence-corrected chi connectivity index (χ0v) is 22.9. The van der Waals surface area contributed by atoms with Gasteiger partial charge in [-0.1, -0.05) is 103 Å². The van der Waals surface area contributed by atoms with E-state index in [1.54, 1.807) is 0 Å². The molecule has 5 rings (SSSR count). The van der Waals surface area contributed by atoms with E-state index in [2.05, 4.69) is 48.6 Å². The first-order chi connectivity index (χ1) is 18.1. The minimum atomic E-state index is -0.0778. The number of halogens is 2. The van der Waals surface area contributed by atoms with Gasteiger partial charge in [-0.05, 0) is 35.2 Å². The van der Waals surface area contributed by atoms with Crippen molar-refractivity contribution < 1.29 is 9.47 Å². The molecule has 0 amide bonds. The molecule has 37 heavy (non-hydrogen) atoms. The summed E-state index contributed by atoms with van der Waals surface area (Å²) in [5.41, 5.74) is 4.62. The van der Waals surface area contributed by atoms with Gasteiger partial charge in [0, 0.05) is 28.4 Å². The summed E-state index contributed by atoms with van der Waals surface area (Å²) in [5.74, 6) is 0.617. The van der Waals surface area contributed by atoms with Gasteiger partial charge >= 0.3 is 0 Å². The lowest BCUT2D eigenvalue weighted by Crippen LogP contribution is -2.25. The van der Waals surface area contributed by atoms with Crippen LogP contribution < -0.4 is 0 Å². The first-order valence-electron chi connectivity index (χ1n) is 12.9. The quantitative estimate of drug-likeness (QED) is 0.226. The normalized spacial score (nSPS) is 14.4. The highest BCUT2D eigenvalue weighted by Gasteiger charge is 2.26. The largest absolute Gasteiger partial charge is 0.350 e. The standard InChI is InChI=1S/C16H20N2O2.C14H13BCl2/c1-2-13(16-19-8-9-20-16)11-18-12-17-10-15(18)14-6-4-3-5-7-14;15-9-12(10-5-1-3-7-13(10)16)11-6-2-4-8-14(11)17/h3-7,10,12-13,16H,2,8-9,11H2,1H3;1-8,12H,9,15H2. The van der Waals surface area contributed by atoms with Gasteiger partial charge in [0.25, 0.3) is 0 Å². The van der Waals surface area contributed by atoms with Crippen molar-refractivity contribution in [3.8, 4) is 11.3 Å². The van der Waals surface area contributed by atoms with E-state index >= 15 is 0 Å². The van der Waals surface area contributed by atoms with Crippen LogP contribution in [0.15, 0.2) is 91.4 Å². The summed E-state index contributed by atoms with van der Waals surface area (Å²) >= 11 is 12.5. The third-order valence-corrected chi connectivity index (χ3v) is 7.43. The fourth-order valence-electron chi connectivity index (χ4n) is 4.75. The highest BCUT2D eigenvalue weighted by molar-refractivity contribution is 6.32. The molecule has 0 radical (unpaired) electrons. The molecule has 1 fully saturated rings. The lowest BCUT2D eigenvalue weighted by molar-refractivity contribution is -0.0883. The maximum Gasteiger partial charge on any atom is 0.162 e. The summed E-state index contributed by atoms with van der Waals surface area (Å²) in [6.45, 7) is 4.45. The zero-order valence-electron chi connectivity index (χ0n) is 21.4. The van der Waals surface area contributed by atoms with E-state index in [9.17, 15) is 0 Å². The molecule has 4 aromatic rings. The summed E-state index contributed by atoms with van der Waals surface area (Å²) < 4.78 is 13.5. The fraction of sp³-hybridized carbons (Fsp3) is 0.300. The van der Waals surface area contributed by atoms with Crippen LogP contribution in [0.4, 0.5) is 0 Å². The van der Waals surface area contributed by atoms with Crippen LogP contribution in [-0.2, 0) is 16.0 Å². The van der Waals surface area contributed by atoms with Gasteiger partial charge in [-0.3, -0.25) is 0 Å². The zero-order chi connectivity index (χ0) is 26.0. The number of hydrogen-bond acceptors (Lipinski definition) is 3. The van der Waals surface area contributed by atoms with E-state index in [0.717, 1.165) is 46.2 Å². The smallest absolute Gasteiger partial charge is 0.162 e. The van der Waals surface area contributed by atoms with Gasteiger partial charge in [0.2, 0.25) is 0 Å². The van der Waals surface area contributed by atoms with Crippen molar-refractivity contribution >= 4 is 31.0 Å². The molecule has 0 bridgehead atoms. The average Bonchev–Trinajstić information content (AvgIpc) is 3.63. The second-order valence-corrected chi connectivity index (χ2v) is 9.89. The first-order valence-corrected chi connectivity index (χ1v) is 13.7. The van der Waals surface area contributed by atoms with Gasteiger partial charge in [-0.2, -0.15) is 0 Å². The molecule has 1 aromatic heterocycles. The van der Waals surface area contributed by atoms with Crippen LogP contribution in [0.1, 0.15) is 30.4 Å². The Morgan fingerprint density at radius 1 is 0.892 bits per heavy atom. The Kier molecular flexibility index (Phi) is 10.3. The van der Waals surface area contributed by atoms with Gasteiger partial charge in [0.1, 0.15) is 7.85 Å². The number of benzene rings is 3. The Morgan fingerprint density at radius 2 is 1.46 bits per heavy atom. The van der Waals surface area contributed by atoms with Crippen LogP contribution in [-0.4, -0.2) is 36.9 Å². The van der Waals surface area contributed by atoms with Crippen molar-refractivity contribution in [3.05, 3.63) is 113 Å². The van der Waals surface area contributed by atoms with Crippen LogP contribution in [0.25, 0.3) is 11.3 Å². The molecule has 0 spiro atoms. The van der Waals surface area contributed by atoms with E-state index in [4.69, 9.17) is 32.7 Å². The van der Waals surface area contributed by atoms with Crippen LogP contribution in [0.2, 0.25) is 16.4 Å². The van der Waals surface area contributed by atoms with Crippen LogP contribution in [0.3, 0.4) is 0 Å². The highest BCUT2D eigenvalue weighted by Crippen LogP contribution is 2.35. The molecule has 192 valence electrons. The molecule has 3 aromatic carbocycles. The van der Waals surface area contributed by atoms with Gasteiger partial charge in [0.05, 0.1) is 31.4 Å². The van der Waals surface area contributed by atoms with Crippen molar-refractivity contribution in [1.29, 1.82) is 0 Å². The fourth-order valence-corrected chi connectivity index (χ4v) is 5.28. The molecular weight excluding hydrogens is 502 g/mol. The van der Waals surface area contributed by atoms with Crippen molar-refractivity contribution in [1.82, 2.24) is 9.55 Å². The maximum absolute atomic E-state index is 6.26. The highest BCUT2D eigenvalue weighted by atomic mass is 35.5. The molecule has 0 aliphatic carbocycles. The third kappa shape index (κ3) is 7.05. The van der Waals surface area contributed by atoms with E-state index in [1.165, 1.54) is 5.56 Å². The summed E-state index contributed by atoms with van der Waals surface area (Å²) in [7, 11) is 2.15. The molecule has 1 aliphatic rings. The van der Waals surface area contributed by atoms with Crippen LogP contribution in [0, 0.1) is 5.92 Å². The van der Waals surface area contributed by atoms with Gasteiger partial charge < -0.3 is 14.0 Å². The lowest BCUT2D eigenvalue weighted by Gasteiger charge is -2.22. The number of rotatable bonds is 8. The van der Waals surface area contributed by atoms with E-state index in [0.29, 0.717) is 19.1 Å². The Bertz CT molecular complexity index is 1200. The molecule has 7 heteroatoms. The molecule has 1 saturated heterocycles. The number of aromatic nitrogens is 2. The van der Waals surface area contributed by atoms with Gasteiger partial charge in [-0.25, -0.2) is 4.98 Å². The summed E-state index contributed by atoms with van der Waals surface area (Å²) in [6.07, 6.45) is 5.73. The van der Waals surface area contributed by atoms with Crippen molar-refractivity contribution in [2.75, 3.05) is 13.2 Å². The summed E-state index contributed by atoms with van der Waals surface area (Å²) in [5, 5.41) is 1.61. The maximum atomic E-state index is 6.26. The molecule has 1 atom stereocenters. The Morgan fingerprint density at radius 3 is 2.00 bits per heavy atom. The van der Waals surface area contributed by atoms with Gasteiger partial charge in [-0.15, -0.1) is 0 Å². The second kappa shape index (κ2) is 13.8. The van der Waals surface area contributed by atoms with E-state index in [-0.39, 0.29) is 12.2 Å². The lowest BCUT2D eigenvalue weighted by atomic mass is 9.81. The molecule has 2 heterocycles. The van der Waals surface area contributed by atoms with E-state index in [1.807, 2.05) is 67.1 Å². The van der Waals surface area contributed by atoms with E-state index < -0.39 is 0 Å². The van der Waals surface area contributed by atoms with Crippen molar-refractivity contribution in [2.45, 2.75) is 38.4 Å². The monoisotopic (exact) mass is 534 g/mol. The number of nitrogens with zero attached hydrogens (tertiary/aromatic N) is 2. The summed E-state index contributed by atoms with van der Waals surface area (Å²) in [4.78, 5) is 4.29. The Balaban J connectivity index is 0.000000176.